The van der Waals surface area contributed by atoms with Gasteiger partial charge in [-0.05, 0) is 80.7 Å². The third-order valence-corrected chi connectivity index (χ3v) is 7.03. The molecule has 7 heteroatoms. The van der Waals surface area contributed by atoms with E-state index in [2.05, 4.69) is 89.7 Å². The third kappa shape index (κ3) is 3.99. The number of nitrogens with zero attached hydrogens (tertiary/aromatic N) is 2. The lowest BCUT2D eigenvalue weighted by atomic mass is 10.1. The Morgan fingerprint density at radius 1 is 1.29 bits per heavy atom. The van der Waals surface area contributed by atoms with Gasteiger partial charge in [0.1, 0.15) is 0 Å². The first-order chi connectivity index (χ1) is 9.95. The number of nitrogens with one attached hydrogen (secondary N) is 1. The van der Waals surface area contributed by atoms with Crippen LogP contribution in [0.2, 0.25) is 0 Å². The van der Waals surface area contributed by atoms with Gasteiger partial charge in [-0.3, -0.25) is 4.68 Å². The molecule has 0 saturated heterocycles. The first kappa shape index (κ1) is 17.7. The van der Waals surface area contributed by atoms with Crippen molar-refractivity contribution < 1.29 is 0 Å². The van der Waals surface area contributed by atoms with Crippen LogP contribution in [0.5, 0.6) is 0 Å². The highest BCUT2D eigenvalue weighted by Crippen LogP contribution is 2.39. The molecule has 0 aliphatic heterocycles. The van der Waals surface area contributed by atoms with Crippen LogP contribution >= 0.6 is 59.1 Å². The number of aromatic nitrogens is 2. The molecular weight excluding hydrogens is 482 g/mol. The molecular formula is C14H18Br3N3S. The molecule has 2 heterocycles. The van der Waals surface area contributed by atoms with Crippen LogP contribution in [0.1, 0.15) is 49.8 Å². The maximum Gasteiger partial charge on any atom is 0.0854 e. The van der Waals surface area contributed by atoms with Crippen LogP contribution in [-0.2, 0) is 0 Å². The first-order valence-electron chi connectivity index (χ1n) is 6.86. The SMILES string of the molecule is CCCNC(c1cc(Br)c(Br)s1)c1c(Br)cnn1C(C)C. The molecule has 0 bridgehead atoms. The number of thiophene rings is 1. The summed E-state index contributed by atoms with van der Waals surface area (Å²) in [5.41, 5.74) is 1.18. The van der Waals surface area contributed by atoms with E-state index in [1.807, 2.05) is 6.20 Å². The number of hydrogen-bond donors (Lipinski definition) is 1. The van der Waals surface area contributed by atoms with Crippen molar-refractivity contribution in [3.63, 3.8) is 0 Å². The number of rotatable bonds is 6. The quantitative estimate of drug-likeness (QED) is 0.536. The van der Waals surface area contributed by atoms with Gasteiger partial charge in [0.15, 0.2) is 0 Å². The second kappa shape index (κ2) is 7.73. The van der Waals surface area contributed by atoms with E-state index < -0.39 is 0 Å². The van der Waals surface area contributed by atoms with Crippen molar-refractivity contribution in [1.29, 1.82) is 0 Å². The lowest BCUT2D eigenvalue weighted by Gasteiger charge is -2.21. The highest BCUT2D eigenvalue weighted by molar-refractivity contribution is 9.13. The fraction of sp³-hybridized carbons (Fsp3) is 0.500. The van der Waals surface area contributed by atoms with Gasteiger partial charge in [-0.15, -0.1) is 11.3 Å². The van der Waals surface area contributed by atoms with Crippen LogP contribution in [0, 0.1) is 0 Å². The summed E-state index contributed by atoms with van der Waals surface area (Å²) in [6, 6.07) is 2.63. The van der Waals surface area contributed by atoms with Gasteiger partial charge >= 0.3 is 0 Å². The minimum absolute atomic E-state index is 0.136. The standard InChI is InChI=1S/C14H18Br3N3S/c1-4-5-18-12(11-6-9(15)14(17)21-11)13-10(16)7-19-20(13)8(2)3/h6-8,12,18H,4-5H2,1-3H3. The minimum atomic E-state index is 0.136. The fourth-order valence-corrected chi connectivity index (χ4v) is 4.83. The molecule has 0 aromatic carbocycles. The summed E-state index contributed by atoms with van der Waals surface area (Å²) in [4.78, 5) is 1.27. The Balaban J connectivity index is 2.47. The smallest absolute Gasteiger partial charge is 0.0854 e. The first-order valence-corrected chi connectivity index (χ1v) is 10.1. The van der Waals surface area contributed by atoms with Gasteiger partial charge in [-0.1, -0.05) is 6.92 Å². The number of hydrogen-bond acceptors (Lipinski definition) is 3. The molecule has 2 aromatic rings. The van der Waals surface area contributed by atoms with Crippen molar-refractivity contribution >= 4 is 59.1 Å². The van der Waals surface area contributed by atoms with E-state index in [1.54, 1.807) is 11.3 Å². The summed E-state index contributed by atoms with van der Waals surface area (Å²) in [6.07, 6.45) is 2.98. The zero-order chi connectivity index (χ0) is 15.6. The molecule has 3 nitrogen and oxygen atoms in total. The van der Waals surface area contributed by atoms with Crippen molar-refractivity contribution in [3.05, 3.63) is 35.6 Å². The monoisotopic (exact) mass is 497 g/mol. The van der Waals surface area contributed by atoms with E-state index in [4.69, 9.17) is 0 Å². The molecule has 0 spiro atoms. The molecule has 2 rings (SSSR count). The zero-order valence-corrected chi connectivity index (χ0v) is 17.7. The lowest BCUT2D eigenvalue weighted by molar-refractivity contribution is 0.473. The van der Waals surface area contributed by atoms with E-state index in [0.717, 1.165) is 25.7 Å². The van der Waals surface area contributed by atoms with Crippen molar-refractivity contribution in [3.8, 4) is 0 Å². The van der Waals surface area contributed by atoms with Crippen LogP contribution in [0.25, 0.3) is 0 Å². The molecule has 21 heavy (non-hydrogen) atoms. The maximum absolute atomic E-state index is 4.51. The molecule has 0 radical (unpaired) electrons. The van der Waals surface area contributed by atoms with Gasteiger partial charge in [-0.25, -0.2) is 0 Å². The summed E-state index contributed by atoms with van der Waals surface area (Å²) < 4.78 is 5.34. The molecule has 1 atom stereocenters. The minimum Gasteiger partial charge on any atom is -0.304 e. The lowest BCUT2D eigenvalue weighted by Crippen LogP contribution is -2.26. The Labute approximate surface area is 154 Å². The average molecular weight is 500 g/mol. The van der Waals surface area contributed by atoms with E-state index in [1.165, 1.54) is 10.6 Å². The topological polar surface area (TPSA) is 29.9 Å². The van der Waals surface area contributed by atoms with E-state index in [-0.39, 0.29) is 6.04 Å². The Hall–Kier alpha value is 0.310. The van der Waals surface area contributed by atoms with E-state index in [9.17, 15) is 0 Å². The van der Waals surface area contributed by atoms with Gasteiger partial charge in [0.05, 0.1) is 26.2 Å². The maximum atomic E-state index is 4.51. The largest absolute Gasteiger partial charge is 0.304 e. The highest BCUT2D eigenvalue weighted by Gasteiger charge is 2.24. The van der Waals surface area contributed by atoms with Crippen molar-refractivity contribution in [1.82, 2.24) is 15.1 Å². The van der Waals surface area contributed by atoms with Gasteiger partial charge in [0, 0.05) is 15.4 Å². The molecule has 0 aliphatic rings. The summed E-state index contributed by atoms with van der Waals surface area (Å²) in [5, 5.41) is 8.15. The fourth-order valence-electron chi connectivity index (χ4n) is 2.16. The average Bonchev–Trinajstić information content (AvgIpc) is 2.95. The summed E-state index contributed by atoms with van der Waals surface area (Å²) in [5.74, 6) is 0. The summed E-state index contributed by atoms with van der Waals surface area (Å²) in [7, 11) is 0. The van der Waals surface area contributed by atoms with Crippen LogP contribution in [-0.4, -0.2) is 16.3 Å². The molecule has 1 N–H and O–H groups in total. The van der Waals surface area contributed by atoms with Crippen LogP contribution < -0.4 is 5.32 Å². The second-order valence-corrected chi connectivity index (χ2v) is 9.18. The molecule has 116 valence electrons. The molecule has 0 amide bonds. The second-order valence-electron chi connectivity index (χ2n) is 5.07. The van der Waals surface area contributed by atoms with E-state index >= 15 is 0 Å². The highest BCUT2D eigenvalue weighted by atomic mass is 79.9. The molecule has 0 fully saturated rings. The summed E-state index contributed by atoms with van der Waals surface area (Å²) in [6.45, 7) is 7.45. The Morgan fingerprint density at radius 3 is 2.52 bits per heavy atom. The van der Waals surface area contributed by atoms with Crippen molar-refractivity contribution in [2.75, 3.05) is 6.54 Å². The predicted octanol–water partition coefficient (Wildman–Crippen LogP) is 5.90. The Bertz CT molecular complexity index is 587. The van der Waals surface area contributed by atoms with Gasteiger partial charge in [0.2, 0.25) is 0 Å². The summed E-state index contributed by atoms with van der Waals surface area (Å²) >= 11 is 12.6. The molecule has 0 saturated carbocycles. The van der Waals surface area contributed by atoms with Crippen LogP contribution in [0.4, 0.5) is 0 Å². The predicted molar refractivity (Wildman–Crippen MR) is 100 cm³/mol. The Morgan fingerprint density at radius 2 is 2.00 bits per heavy atom. The number of halogens is 3. The van der Waals surface area contributed by atoms with Crippen molar-refractivity contribution in [2.24, 2.45) is 0 Å². The van der Waals surface area contributed by atoms with Gasteiger partial charge in [0.25, 0.3) is 0 Å². The molecule has 2 aromatic heterocycles. The Kier molecular flexibility index (Phi) is 6.50. The molecule has 0 aliphatic carbocycles. The normalized spacial score (nSPS) is 13.1. The van der Waals surface area contributed by atoms with Gasteiger partial charge in [-0.2, -0.15) is 5.10 Å². The van der Waals surface area contributed by atoms with Crippen LogP contribution in [0.3, 0.4) is 0 Å². The molecule has 1 unspecified atom stereocenters. The van der Waals surface area contributed by atoms with Crippen molar-refractivity contribution in [2.45, 2.75) is 39.3 Å². The zero-order valence-electron chi connectivity index (χ0n) is 12.2. The third-order valence-electron chi connectivity index (χ3n) is 3.10. The van der Waals surface area contributed by atoms with Gasteiger partial charge < -0.3 is 5.32 Å². The van der Waals surface area contributed by atoms with Crippen LogP contribution in [0.15, 0.2) is 25.0 Å². The van der Waals surface area contributed by atoms with E-state index in [0.29, 0.717) is 6.04 Å².